The van der Waals surface area contributed by atoms with Crippen molar-refractivity contribution < 1.29 is 49.0 Å². The summed E-state index contributed by atoms with van der Waals surface area (Å²) in [4.78, 5) is 25.2. The molecule has 10 nitrogen and oxygen atoms in total. The third-order valence-electron chi connectivity index (χ3n) is 8.95. The number of carbonyl (C=O) groups is 2. The predicted octanol–water partition coefficient (Wildman–Crippen LogP) is 8.05. The number of esters is 2. The second-order valence-electron chi connectivity index (χ2n) is 13.8. The van der Waals surface area contributed by atoms with E-state index in [4.69, 9.17) is 18.9 Å². The Kier molecular flexibility index (Phi) is 31.5. The second-order valence-corrected chi connectivity index (χ2v) is 13.8. The van der Waals surface area contributed by atoms with Gasteiger partial charge < -0.3 is 39.4 Å². The van der Waals surface area contributed by atoms with Crippen molar-refractivity contribution >= 4 is 11.9 Å². The highest BCUT2D eigenvalue weighted by molar-refractivity contribution is 5.70. The van der Waals surface area contributed by atoms with Crippen LogP contribution in [-0.2, 0) is 28.5 Å². The molecule has 0 spiro atoms. The Labute approximate surface area is 325 Å². The molecule has 1 aliphatic rings. The third kappa shape index (κ3) is 26.0. The number of aliphatic hydroxyl groups is 4. The molecule has 1 saturated heterocycles. The van der Waals surface area contributed by atoms with Gasteiger partial charge in [-0.1, -0.05) is 138 Å². The summed E-state index contributed by atoms with van der Waals surface area (Å²) in [6, 6.07) is 0. The van der Waals surface area contributed by atoms with Crippen LogP contribution in [0.2, 0.25) is 0 Å². The molecule has 4 N–H and O–H groups in total. The van der Waals surface area contributed by atoms with E-state index in [9.17, 15) is 30.0 Å². The molecule has 0 aromatic heterocycles. The lowest BCUT2D eigenvalue weighted by Gasteiger charge is -2.39. The zero-order valence-electron chi connectivity index (χ0n) is 33.2. The van der Waals surface area contributed by atoms with Crippen molar-refractivity contribution in [3.63, 3.8) is 0 Å². The Morgan fingerprint density at radius 2 is 1.09 bits per heavy atom. The van der Waals surface area contributed by atoms with Gasteiger partial charge in [0.25, 0.3) is 0 Å². The first kappa shape index (κ1) is 49.2. The normalized spacial score (nSPS) is 21.5. The van der Waals surface area contributed by atoms with Crippen molar-refractivity contribution in [1.82, 2.24) is 0 Å². The van der Waals surface area contributed by atoms with Crippen LogP contribution in [0.4, 0.5) is 0 Å². The van der Waals surface area contributed by atoms with E-state index in [2.05, 4.69) is 50.3 Å². The Bertz CT molecular complexity index is 1110. The van der Waals surface area contributed by atoms with Crippen LogP contribution < -0.4 is 0 Å². The van der Waals surface area contributed by atoms with Gasteiger partial charge in [-0.05, 0) is 57.8 Å². The molecule has 1 heterocycles. The zero-order chi connectivity index (χ0) is 39.5. The molecular weight excluding hydrogens is 688 g/mol. The van der Waals surface area contributed by atoms with Crippen molar-refractivity contribution in [1.29, 1.82) is 0 Å². The lowest BCUT2D eigenvalue weighted by Crippen LogP contribution is -2.59. The molecule has 54 heavy (non-hydrogen) atoms. The van der Waals surface area contributed by atoms with E-state index < -0.39 is 55.4 Å². The number of carbonyl (C=O) groups excluding carboxylic acids is 2. The minimum Gasteiger partial charge on any atom is -0.462 e. The Morgan fingerprint density at radius 3 is 1.67 bits per heavy atom. The fraction of sp³-hybridized carbons (Fsp3) is 0.682. The van der Waals surface area contributed by atoms with Crippen LogP contribution in [0.25, 0.3) is 0 Å². The van der Waals surface area contributed by atoms with E-state index in [1.165, 1.54) is 44.9 Å². The summed E-state index contributed by atoms with van der Waals surface area (Å²) in [6.45, 7) is 3.18. The topological polar surface area (TPSA) is 152 Å². The summed E-state index contributed by atoms with van der Waals surface area (Å²) < 4.78 is 22.0. The molecule has 3 unspecified atom stereocenters. The first-order valence-electron chi connectivity index (χ1n) is 20.6. The van der Waals surface area contributed by atoms with Crippen molar-refractivity contribution in [2.75, 3.05) is 19.8 Å². The number of aliphatic hydroxyl groups excluding tert-OH is 4. The van der Waals surface area contributed by atoms with Crippen LogP contribution in [0.15, 0.2) is 72.9 Å². The van der Waals surface area contributed by atoms with E-state index in [0.717, 1.165) is 51.4 Å². The minimum absolute atomic E-state index is 0.174. The minimum atomic E-state index is -1.61. The van der Waals surface area contributed by atoms with Gasteiger partial charge in [0, 0.05) is 12.8 Å². The van der Waals surface area contributed by atoms with Gasteiger partial charge in [-0.25, -0.2) is 0 Å². The van der Waals surface area contributed by atoms with Gasteiger partial charge in [0.05, 0.1) is 13.2 Å². The monoisotopic (exact) mass is 761 g/mol. The molecule has 0 saturated carbocycles. The fourth-order valence-electron chi connectivity index (χ4n) is 5.66. The van der Waals surface area contributed by atoms with Crippen molar-refractivity contribution in [2.24, 2.45) is 0 Å². The quantitative estimate of drug-likeness (QED) is 0.0301. The van der Waals surface area contributed by atoms with Crippen LogP contribution in [0.3, 0.4) is 0 Å². The zero-order valence-corrected chi connectivity index (χ0v) is 33.2. The molecule has 0 bridgehead atoms. The summed E-state index contributed by atoms with van der Waals surface area (Å²) in [5.41, 5.74) is 0. The van der Waals surface area contributed by atoms with Crippen molar-refractivity contribution in [3.05, 3.63) is 72.9 Å². The van der Waals surface area contributed by atoms with E-state index in [0.29, 0.717) is 12.8 Å². The van der Waals surface area contributed by atoms with Crippen molar-refractivity contribution in [3.8, 4) is 0 Å². The van der Waals surface area contributed by atoms with Gasteiger partial charge in [-0.3, -0.25) is 9.59 Å². The number of unbranched alkanes of at least 4 members (excludes halogenated alkanes) is 13. The van der Waals surface area contributed by atoms with Gasteiger partial charge in [0.15, 0.2) is 12.4 Å². The van der Waals surface area contributed by atoms with Gasteiger partial charge in [0.2, 0.25) is 0 Å². The standard InChI is InChI=1S/C44H72O10/c1-3-5-7-9-11-13-15-17-18-19-21-22-24-26-28-30-32-39(46)51-35-37(36-52-44-43(50)42(49)41(48)38(34-45)54-44)53-40(47)33-31-29-27-25-23-20-16-14-12-10-8-6-4-2/h6,8,10,12,14,16,18-23,37-38,41-45,48-50H,3-5,7,9,11,13,15,17,24-36H2,1-2H3/b8-6+,12-10+,16-14+,19-18+,22-21+,23-20+/t37?,38-,41+,42?,43?,44-/m0/s1. The number of hydrogen-bond donors (Lipinski definition) is 4. The molecule has 0 amide bonds. The van der Waals surface area contributed by atoms with Crippen LogP contribution in [0.5, 0.6) is 0 Å². The first-order chi connectivity index (χ1) is 26.3. The van der Waals surface area contributed by atoms with Gasteiger partial charge in [-0.2, -0.15) is 0 Å². The summed E-state index contributed by atoms with van der Waals surface area (Å²) >= 11 is 0. The Morgan fingerprint density at radius 1 is 0.593 bits per heavy atom. The molecule has 0 radical (unpaired) electrons. The maximum absolute atomic E-state index is 12.7. The molecule has 0 aromatic rings. The molecule has 1 aliphatic heterocycles. The van der Waals surface area contributed by atoms with Gasteiger partial charge >= 0.3 is 11.9 Å². The number of allylic oxidation sites excluding steroid dienone is 12. The summed E-state index contributed by atoms with van der Waals surface area (Å²) in [5.74, 6) is -0.892. The Hall–Kier alpha value is -2.86. The maximum Gasteiger partial charge on any atom is 0.306 e. The van der Waals surface area contributed by atoms with E-state index in [1.54, 1.807) is 0 Å². The summed E-state index contributed by atoms with van der Waals surface area (Å²) in [6.07, 6.45) is 34.9. The van der Waals surface area contributed by atoms with Gasteiger partial charge in [-0.15, -0.1) is 0 Å². The predicted molar refractivity (Wildman–Crippen MR) is 214 cm³/mol. The number of hydrogen-bond acceptors (Lipinski definition) is 10. The van der Waals surface area contributed by atoms with E-state index in [-0.39, 0.29) is 26.1 Å². The average Bonchev–Trinajstić information content (AvgIpc) is 3.17. The second kappa shape index (κ2) is 34.6. The molecule has 0 aromatic carbocycles. The molecule has 10 heteroatoms. The molecule has 1 fully saturated rings. The third-order valence-corrected chi connectivity index (χ3v) is 8.95. The van der Waals surface area contributed by atoms with Crippen molar-refractivity contribution in [2.45, 2.75) is 173 Å². The average molecular weight is 761 g/mol. The smallest absolute Gasteiger partial charge is 0.306 e. The van der Waals surface area contributed by atoms with Crippen LogP contribution in [-0.4, -0.2) is 89.0 Å². The Balaban J connectivity index is 2.43. The highest BCUT2D eigenvalue weighted by Gasteiger charge is 2.44. The largest absolute Gasteiger partial charge is 0.462 e. The lowest BCUT2D eigenvalue weighted by molar-refractivity contribution is -0.305. The highest BCUT2D eigenvalue weighted by atomic mass is 16.7. The number of rotatable bonds is 32. The summed E-state index contributed by atoms with van der Waals surface area (Å²) in [7, 11) is 0. The molecular formula is C44H72O10. The van der Waals surface area contributed by atoms with E-state index >= 15 is 0 Å². The SMILES string of the molecule is CC/C=C/C=C/C=C/C=C/CCCCCC(=O)OC(COC(=O)CCCCC/C=C/C=C/CCCCCCCCC)CO[C@H]1O[C@@H](CO)[C@@H](O)C(O)C1O. The first-order valence-corrected chi connectivity index (χ1v) is 20.6. The summed E-state index contributed by atoms with van der Waals surface area (Å²) in [5, 5.41) is 40.0. The number of ether oxygens (including phenoxy) is 4. The molecule has 6 atom stereocenters. The van der Waals surface area contributed by atoms with Crippen LogP contribution in [0.1, 0.15) is 136 Å². The molecule has 308 valence electrons. The molecule has 0 aliphatic carbocycles. The highest BCUT2D eigenvalue weighted by Crippen LogP contribution is 2.22. The van der Waals surface area contributed by atoms with E-state index in [1.807, 2.05) is 36.5 Å². The lowest BCUT2D eigenvalue weighted by atomic mass is 9.99. The molecule has 1 rings (SSSR count). The van der Waals surface area contributed by atoms with Crippen LogP contribution in [0, 0.1) is 0 Å². The van der Waals surface area contributed by atoms with Crippen LogP contribution >= 0.6 is 0 Å². The van der Waals surface area contributed by atoms with Gasteiger partial charge in [0.1, 0.15) is 31.0 Å². The fourth-order valence-corrected chi connectivity index (χ4v) is 5.66. The maximum atomic E-state index is 12.7.